The van der Waals surface area contributed by atoms with Gasteiger partial charge in [-0.3, -0.25) is 4.31 Å². The number of benzene rings is 1. The molecule has 0 unspecified atom stereocenters. The Morgan fingerprint density at radius 3 is 2.62 bits per heavy atom. The third-order valence-electron chi connectivity index (χ3n) is 2.09. The molecule has 6 heteroatoms. The predicted octanol–water partition coefficient (Wildman–Crippen LogP) is 1.56. The standard InChI is InChI=1S/C10H15BrN2O2S/c1-2-13(16(14,15)7-6-12)10-5-3-4-9(11)8-10/h3-5,8H,2,6-7,12H2,1H3. The highest BCUT2D eigenvalue weighted by Gasteiger charge is 2.19. The van der Waals surface area contributed by atoms with E-state index in [2.05, 4.69) is 15.9 Å². The first-order valence-corrected chi connectivity index (χ1v) is 7.37. The number of hydrogen-bond donors (Lipinski definition) is 1. The molecule has 0 heterocycles. The number of rotatable bonds is 5. The second kappa shape index (κ2) is 5.65. The minimum Gasteiger partial charge on any atom is -0.329 e. The van der Waals surface area contributed by atoms with Gasteiger partial charge in [-0.15, -0.1) is 0 Å². The van der Waals surface area contributed by atoms with E-state index in [0.29, 0.717) is 12.2 Å². The fraction of sp³-hybridized carbons (Fsp3) is 0.400. The van der Waals surface area contributed by atoms with Crippen LogP contribution < -0.4 is 10.0 Å². The summed E-state index contributed by atoms with van der Waals surface area (Å²) >= 11 is 3.32. The lowest BCUT2D eigenvalue weighted by atomic mass is 10.3. The van der Waals surface area contributed by atoms with Crippen LogP contribution in [-0.4, -0.2) is 27.3 Å². The molecule has 16 heavy (non-hydrogen) atoms. The lowest BCUT2D eigenvalue weighted by molar-refractivity contribution is 0.591. The van der Waals surface area contributed by atoms with Gasteiger partial charge < -0.3 is 5.73 Å². The molecule has 4 nitrogen and oxygen atoms in total. The zero-order chi connectivity index (χ0) is 12.2. The van der Waals surface area contributed by atoms with Gasteiger partial charge in [0.2, 0.25) is 10.0 Å². The van der Waals surface area contributed by atoms with Gasteiger partial charge >= 0.3 is 0 Å². The summed E-state index contributed by atoms with van der Waals surface area (Å²) in [5.74, 6) is -0.0344. The molecule has 0 aliphatic heterocycles. The van der Waals surface area contributed by atoms with Crippen LogP contribution in [0.15, 0.2) is 28.7 Å². The maximum Gasteiger partial charge on any atom is 0.236 e. The van der Waals surface area contributed by atoms with Gasteiger partial charge in [-0.25, -0.2) is 8.42 Å². The van der Waals surface area contributed by atoms with Crippen molar-refractivity contribution < 1.29 is 8.42 Å². The Kier molecular flexibility index (Phi) is 4.76. The molecule has 0 aliphatic rings. The lowest BCUT2D eigenvalue weighted by Crippen LogP contribution is -2.35. The van der Waals surface area contributed by atoms with E-state index in [4.69, 9.17) is 5.73 Å². The average Bonchev–Trinajstić information content (AvgIpc) is 2.18. The van der Waals surface area contributed by atoms with Crippen LogP contribution in [0.25, 0.3) is 0 Å². The van der Waals surface area contributed by atoms with E-state index >= 15 is 0 Å². The number of sulfonamides is 1. The van der Waals surface area contributed by atoms with Crippen molar-refractivity contribution in [3.05, 3.63) is 28.7 Å². The van der Waals surface area contributed by atoms with E-state index in [0.717, 1.165) is 4.47 Å². The highest BCUT2D eigenvalue weighted by molar-refractivity contribution is 9.10. The molecule has 0 bridgehead atoms. The minimum atomic E-state index is -3.30. The van der Waals surface area contributed by atoms with Gasteiger partial charge in [0.1, 0.15) is 0 Å². The number of halogens is 1. The van der Waals surface area contributed by atoms with Crippen molar-refractivity contribution in [2.24, 2.45) is 5.73 Å². The number of hydrogen-bond acceptors (Lipinski definition) is 3. The molecule has 0 amide bonds. The smallest absolute Gasteiger partial charge is 0.236 e. The summed E-state index contributed by atoms with van der Waals surface area (Å²) in [5.41, 5.74) is 5.96. The minimum absolute atomic E-state index is 0.0344. The van der Waals surface area contributed by atoms with E-state index in [1.54, 1.807) is 25.1 Å². The molecule has 0 fully saturated rings. The Labute approximate surface area is 105 Å². The summed E-state index contributed by atoms with van der Waals surface area (Å²) in [7, 11) is -3.30. The van der Waals surface area contributed by atoms with Crippen LogP contribution in [0.1, 0.15) is 6.92 Å². The summed E-state index contributed by atoms with van der Waals surface area (Å²) in [6, 6.07) is 7.20. The van der Waals surface area contributed by atoms with Gasteiger partial charge in [0.05, 0.1) is 11.4 Å². The first-order valence-electron chi connectivity index (χ1n) is 4.97. The van der Waals surface area contributed by atoms with E-state index in [9.17, 15) is 8.42 Å². The number of anilines is 1. The molecule has 0 spiro atoms. The zero-order valence-corrected chi connectivity index (χ0v) is 11.5. The lowest BCUT2D eigenvalue weighted by Gasteiger charge is -2.22. The van der Waals surface area contributed by atoms with Gasteiger partial charge in [-0.2, -0.15) is 0 Å². The van der Waals surface area contributed by atoms with Crippen LogP contribution in [0, 0.1) is 0 Å². The van der Waals surface area contributed by atoms with Crippen LogP contribution >= 0.6 is 15.9 Å². The summed E-state index contributed by atoms with van der Waals surface area (Å²) in [4.78, 5) is 0. The average molecular weight is 307 g/mol. The van der Waals surface area contributed by atoms with Crippen molar-refractivity contribution in [2.45, 2.75) is 6.92 Å². The molecule has 1 rings (SSSR count). The molecular formula is C10H15BrN2O2S. The topological polar surface area (TPSA) is 63.4 Å². The Morgan fingerprint density at radius 1 is 1.44 bits per heavy atom. The molecule has 1 aromatic carbocycles. The van der Waals surface area contributed by atoms with Gasteiger partial charge in [0.25, 0.3) is 0 Å². The fourth-order valence-electron chi connectivity index (χ4n) is 1.43. The molecule has 0 atom stereocenters. The third-order valence-corrected chi connectivity index (χ3v) is 4.48. The Balaban J connectivity index is 3.08. The van der Waals surface area contributed by atoms with E-state index in [-0.39, 0.29) is 12.3 Å². The predicted molar refractivity (Wildman–Crippen MR) is 70.0 cm³/mol. The van der Waals surface area contributed by atoms with Crippen molar-refractivity contribution in [3.8, 4) is 0 Å². The maximum absolute atomic E-state index is 11.9. The van der Waals surface area contributed by atoms with Crippen LogP contribution in [0.5, 0.6) is 0 Å². The van der Waals surface area contributed by atoms with Crippen molar-refractivity contribution in [1.29, 1.82) is 0 Å². The Morgan fingerprint density at radius 2 is 2.12 bits per heavy atom. The normalized spacial score (nSPS) is 11.4. The first kappa shape index (κ1) is 13.5. The largest absolute Gasteiger partial charge is 0.329 e. The monoisotopic (exact) mass is 306 g/mol. The second-order valence-electron chi connectivity index (χ2n) is 3.25. The quantitative estimate of drug-likeness (QED) is 0.898. The van der Waals surface area contributed by atoms with Crippen molar-refractivity contribution in [3.63, 3.8) is 0 Å². The maximum atomic E-state index is 11.9. The fourth-order valence-corrected chi connectivity index (χ4v) is 3.16. The van der Waals surface area contributed by atoms with E-state index < -0.39 is 10.0 Å². The molecule has 90 valence electrons. The number of nitrogens with zero attached hydrogens (tertiary/aromatic N) is 1. The molecule has 2 N–H and O–H groups in total. The summed E-state index contributed by atoms with van der Waals surface area (Å²) in [6.07, 6.45) is 0. The summed E-state index contributed by atoms with van der Waals surface area (Å²) in [5, 5.41) is 0. The van der Waals surface area contributed by atoms with Gasteiger partial charge in [-0.05, 0) is 25.1 Å². The van der Waals surface area contributed by atoms with Crippen LogP contribution in [-0.2, 0) is 10.0 Å². The van der Waals surface area contributed by atoms with E-state index in [1.807, 2.05) is 6.07 Å². The second-order valence-corrected chi connectivity index (χ2v) is 6.18. The molecule has 0 aromatic heterocycles. The highest BCUT2D eigenvalue weighted by atomic mass is 79.9. The van der Waals surface area contributed by atoms with Crippen molar-refractivity contribution in [1.82, 2.24) is 0 Å². The number of nitrogens with two attached hydrogens (primary N) is 1. The first-order chi connectivity index (χ1) is 7.51. The third kappa shape index (κ3) is 3.20. The van der Waals surface area contributed by atoms with Gasteiger partial charge in [-0.1, -0.05) is 22.0 Å². The molecular weight excluding hydrogens is 292 g/mol. The summed E-state index contributed by atoms with van der Waals surface area (Å²) < 4.78 is 26.0. The molecule has 0 saturated heterocycles. The van der Waals surface area contributed by atoms with E-state index in [1.165, 1.54) is 4.31 Å². The Hall–Kier alpha value is -0.590. The molecule has 0 radical (unpaired) electrons. The van der Waals surface area contributed by atoms with Gasteiger partial charge in [0.15, 0.2) is 0 Å². The molecule has 0 aliphatic carbocycles. The van der Waals surface area contributed by atoms with Crippen molar-refractivity contribution >= 4 is 31.6 Å². The van der Waals surface area contributed by atoms with Gasteiger partial charge in [0, 0.05) is 17.6 Å². The molecule has 0 saturated carbocycles. The highest BCUT2D eigenvalue weighted by Crippen LogP contribution is 2.22. The van der Waals surface area contributed by atoms with Crippen LogP contribution in [0.4, 0.5) is 5.69 Å². The van der Waals surface area contributed by atoms with Crippen LogP contribution in [0.2, 0.25) is 0 Å². The molecule has 1 aromatic rings. The summed E-state index contributed by atoms with van der Waals surface area (Å²) in [6.45, 7) is 2.33. The van der Waals surface area contributed by atoms with Crippen molar-refractivity contribution in [2.75, 3.05) is 23.1 Å². The Bertz CT molecular complexity index is 448. The zero-order valence-electron chi connectivity index (χ0n) is 9.06. The van der Waals surface area contributed by atoms with Crippen LogP contribution in [0.3, 0.4) is 0 Å². The SMILES string of the molecule is CCN(c1cccc(Br)c1)S(=O)(=O)CCN.